The molecule has 0 aliphatic heterocycles. The van der Waals surface area contributed by atoms with Gasteiger partial charge in [-0.1, -0.05) is 0 Å². The van der Waals surface area contributed by atoms with E-state index >= 15 is 0 Å². The third-order valence-electron chi connectivity index (χ3n) is 4.70. The number of nitrogens with zero attached hydrogens (tertiary/aromatic N) is 3. The number of carbonyl (C=O) groups excluding carboxylic acids is 2. The fourth-order valence-corrected chi connectivity index (χ4v) is 3.24. The normalized spacial score (nSPS) is 13.4. The molecule has 30 heavy (non-hydrogen) atoms. The van der Waals surface area contributed by atoms with Gasteiger partial charge in [-0.3, -0.25) is 14.4 Å². The van der Waals surface area contributed by atoms with E-state index < -0.39 is 11.7 Å². The van der Waals surface area contributed by atoms with Crippen LogP contribution in [-0.4, -0.2) is 39.3 Å². The average Bonchev–Trinajstić information content (AvgIpc) is 3.16. The first kappa shape index (κ1) is 23.7. The van der Waals surface area contributed by atoms with Crippen LogP contribution in [0.5, 0.6) is 0 Å². The van der Waals surface area contributed by atoms with Gasteiger partial charge in [-0.2, -0.15) is 5.10 Å². The maximum Gasteiger partial charge on any atom is 0.415 e. The molecule has 7 nitrogen and oxygen atoms in total. The molecule has 0 saturated heterocycles. The third kappa shape index (κ3) is 6.23. The molecule has 1 heterocycles. The van der Waals surface area contributed by atoms with Crippen LogP contribution in [0.2, 0.25) is 0 Å². The number of ether oxygens (including phenoxy) is 1. The molecule has 0 aliphatic carbocycles. The topological polar surface area (TPSA) is 76.5 Å². The smallest absolute Gasteiger partial charge is 0.415 e. The minimum Gasteiger partial charge on any atom is -0.443 e. The number of carbonyl (C=O) groups is 2. The lowest BCUT2D eigenvalue weighted by atomic mass is 10.1. The predicted molar refractivity (Wildman–Crippen MR) is 120 cm³/mol. The molecule has 0 spiro atoms. The number of aromatic nitrogens is 2. The average molecular weight is 435 g/mol. The summed E-state index contributed by atoms with van der Waals surface area (Å²) in [4.78, 5) is 26.7. The van der Waals surface area contributed by atoms with E-state index in [4.69, 9.17) is 16.3 Å². The predicted octanol–water partition coefficient (Wildman–Crippen LogP) is 5.15. The third-order valence-corrected chi connectivity index (χ3v) is 4.89. The van der Waals surface area contributed by atoms with Gasteiger partial charge in [0.05, 0.1) is 17.8 Å². The highest BCUT2D eigenvalue weighted by atomic mass is 35.5. The SMILES string of the molecule is Cc1cc(NC(=O)CCCl)ccc1N(C(=O)OC(C)(C)C)[C@@H](C)C(C)n1cccn1. The summed E-state index contributed by atoms with van der Waals surface area (Å²) >= 11 is 5.63. The largest absolute Gasteiger partial charge is 0.443 e. The molecule has 2 aromatic rings. The van der Waals surface area contributed by atoms with E-state index in [9.17, 15) is 9.59 Å². The maximum atomic E-state index is 13.2. The first-order chi connectivity index (χ1) is 14.0. The number of alkyl halides is 1. The zero-order valence-corrected chi connectivity index (χ0v) is 19.2. The van der Waals surface area contributed by atoms with Crippen molar-refractivity contribution < 1.29 is 14.3 Å². The fourth-order valence-electron chi connectivity index (χ4n) is 3.07. The summed E-state index contributed by atoms with van der Waals surface area (Å²) in [6.45, 7) is 11.4. The molecule has 2 rings (SSSR count). The van der Waals surface area contributed by atoms with Crippen molar-refractivity contribution in [2.75, 3.05) is 16.1 Å². The van der Waals surface area contributed by atoms with E-state index in [1.165, 1.54) is 0 Å². The van der Waals surface area contributed by atoms with Crippen LogP contribution in [0.3, 0.4) is 0 Å². The molecule has 0 radical (unpaired) electrons. The van der Waals surface area contributed by atoms with Gasteiger partial charge >= 0.3 is 6.09 Å². The Bertz CT molecular complexity index is 862. The lowest BCUT2D eigenvalue weighted by Gasteiger charge is -2.35. The summed E-state index contributed by atoms with van der Waals surface area (Å²) in [6.07, 6.45) is 3.39. The lowest BCUT2D eigenvalue weighted by molar-refractivity contribution is -0.115. The van der Waals surface area contributed by atoms with Crippen LogP contribution >= 0.6 is 11.6 Å². The van der Waals surface area contributed by atoms with Crippen molar-refractivity contribution in [1.29, 1.82) is 0 Å². The Kier molecular flexibility index (Phi) is 7.89. The second-order valence-corrected chi connectivity index (χ2v) is 8.68. The quantitative estimate of drug-likeness (QED) is 0.611. The highest BCUT2D eigenvalue weighted by molar-refractivity contribution is 6.19. The Morgan fingerprint density at radius 1 is 1.30 bits per heavy atom. The van der Waals surface area contributed by atoms with Crippen molar-refractivity contribution in [3.8, 4) is 0 Å². The minimum absolute atomic E-state index is 0.0879. The zero-order chi connectivity index (χ0) is 22.5. The van der Waals surface area contributed by atoms with Gasteiger partial charge in [-0.05, 0) is 71.4 Å². The highest BCUT2D eigenvalue weighted by Gasteiger charge is 2.32. The second-order valence-electron chi connectivity index (χ2n) is 8.31. The standard InChI is InChI=1S/C22H31ClN4O3/c1-15-14-18(25-20(28)10-11-23)8-9-19(15)27(21(29)30-22(4,5)6)17(3)16(2)26-13-7-12-24-26/h7-9,12-14,16-17H,10-11H2,1-6H3,(H,25,28)/t16?,17-/m0/s1. The maximum absolute atomic E-state index is 13.2. The van der Waals surface area contributed by atoms with Gasteiger partial charge in [0.25, 0.3) is 0 Å². The molecule has 0 bridgehead atoms. The number of anilines is 2. The summed E-state index contributed by atoms with van der Waals surface area (Å²) < 4.78 is 7.52. The second kappa shape index (κ2) is 9.98. The highest BCUT2D eigenvalue weighted by Crippen LogP contribution is 2.30. The van der Waals surface area contributed by atoms with Crippen molar-refractivity contribution in [3.63, 3.8) is 0 Å². The van der Waals surface area contributed by atoms with Crippen LogP contribution in [0.25, 0.3) is 0 Å². The van der Waals surface area contributed by atoms with E-state index in [1.807, 2.05) is 70.6 Å². The molecular formula is C22H31ClN4O3. The van der Waals surface area contributed by atoms with Crippen molar-refractivity contribution in [2.45, 2.75) is 65.6 Å². The van der Waals surface area contributed by atoms with Crippen molar-refractivity contribution in [3.05, 3.63) is 42.2 Å². The number of halogens is 1. The number of benzene rings is 1. The van der Waals surface area contributed by atoms with Crippen LogP contribution in [0, 0.1) is 6.92 Å². The van der Waals surface area contributed by atoms with Crippen LogP contribution in [0.4, 0.5) is 16.2 Å². The van der Waals surface area contributed by atoms with Crippen molar-refractivity contribution >= 4 is 35.0 Å². The molecule has 1 aromatic heterocycles. The molecule has 0 saturated carbocycles. The van der Waals surface area contributed by atoms with Gasteiger partial charge in [-0.25, -0.2) is 4.79 Å². The molecule has 0 fully saturated rings. The summed E-state index contributed by atoms with van der Waals surface area (Å²) in [5.41, 5.74) is 1.58. The monoisotopic (exact) mass is 434 g/mol. The summed E-state index contributed by atoms with van der Waals surface area (Å²) in [5.74, 6) is 0.111. The van der Waals surface area contributed by atoms with Gasteiger partial charge in [0.15, 0.2) is 0 Å². The molecule has 2 amide bonds. The Morgan fingerprint density at radius 3 is 2.53 bits per heavy atom. The Labute approximate surface area is 183 Å². The number of hydrogen-bond donors (Lipinski definition) is 1. The molecule has 0 aliphatic rings. The molecule has 1 N–H and O–H groups in total. The Morgan fingerprint density at radius 2 is 2.00 bits per heavy atom. The van der Waals surface area contributed by atoms with Crippen molar-refractivity contribution in [2.24, 2.45) is 0 Å². The van der Waals surface area contributed by atoms with Crippen LogP contribution in [0.1, 0.15) is 52.6 Å². The zero-order valence-electron chi connectivity index (χ0n) is 18.5. The molecule has 164 valence electrons. The lowest BCUT2D eigenvalue weighted by Crippen LogP contribution is -2.46. The van der Waals surface area contributed by atoms with Crippen LogP contribution < -0.4 is 10.2 Å². The van der Waals surface area contributed by atoms with Gasteiger partial charge in [-0.15, -0.1) is 11.6 Å². The molecule has 2 atom stereocenters. The molecule has 1 unspecified atom stereocenters. The molecule has 1 aromatic carbocycles. The van der Waals surface area contributed by atoms with E-state index in [2.05, 4.69) is 10.4 Å². The first-order valence-corrected chi connectivity index (χ1v) is 10.5. The fraction of sp³-hybridized carbons (Fsp3) is 0.500. The number of rotatable bonds is 7. The van der Waals surface area contributed by atoms with Gasteiger partial charge in [0, 0.05) is 30.4 Å². The number of aryl methyl sites for hydroxylation is 1. The summed E-state index contributed by atoms with van der Waals surface area (Å²) in [5, 5.41) is 7.13. The summed E-state index contributed by atoms with van der Waals surface area (Å²) in [7, 11) is 0. The number of amides is 2. The number of hydrogen-bond acceptors (Lipinski definition) is 4. The van der Waals surface area contributed by atoms with Crippen LogP contribution in [0.15, 0.2) is 36.7 Å². The first-order valence-electron chi connectivity index (χ1n) is 10.0. The molecular weight excluding hydrogens is 404 g/mol. The van der Waals surface area contributed by atoms with Gasteiger partial charge < -0.3 is 10.1 Å². The van der Waals surface area contributed by atoms with E-state index in [0.29, 0.717) is 11.4 Å². The van der Waals surface area contributed by atoms with E-state index in [0.717, 1.165) is 5.56 Å². The Hall–Kier alpha value is -2.54. The number of nitrogens with one attached hydrogen (secondary N) is 1. The van der Waals surface area contributed by atoms with E-state index in [-0.39, 0.29) is 30.3 Å². The molecule has 8 heteroatoms. The van der Waals surface area contributed by atoms with E-state index in [1.54, 1.807) is 17.2 Å². The minimum atomic E-state index is -0.632. The van der Waals surface area contributed by atoms with Crippen LogP contribution in [-0.2, 0) is 9.53 Å². The van der Waals surface area contributed by atoms with Gasteiger partial charge in [0.2, 0.25) is 5.91 Å². The van der Waals surface area contributed by atoms with Crippen molar-refractivity contribution in [1.82, 2.24) is 9.78 Å². The summed E-state index contributed by atoms with van der Waals surface area (Å²) in [6, 6.07) is 6.96. The van der Waals surface area contributed by atoms with Gasteiger partial charge in [0.1, 0.15) is 5.60 Å². The Balaban J connectivity index is 2.38.